The lowest BCUT2D eigenvalue weighted by Gasteiger charge is -2.15. The minimum atomic E-state index is -3.24. The Morgan fingerprint density at radius 2 is 2.00 bits per heavy atom. The molecule has 1 fully saturated rings. The topological polar surface area (TPSA) is 86.7 Å². The van der Waals surface area contributed by atoms with E-state index < -0.39 is 10.0 Å². The van der Waals surface area contributed by atoms with E-state index in [1.807, 2.05) is 0 Å². The fourth-order valence-electron chi connectivity index (χ4n) is 2.53. The number of sulfonamides is 1. The third kappa shape index (κ3) is 4.20. The summed E-state index contributed by atoms with van der Waals surface area (Å²) in [5, 5.41) is 12.4. The summed E-state index contributed by atoms with van der Waals surface area (Å²) in [6.07, 6.45) is 2.21. The first-order chi connectivity index (χ1) is 10.4. The number of carbonyl (C=O) groups is 1. The second-order valence-corrected chi connectivity index (χ2v) is 7.63. The maximum atomic E-state index is 12.0. The van der Waals surface area contributed by atoms with Gasteiger partial charge in [-0.15, -0.1) is 0 Å². The van der Waals surface area contributed by atoms with Gasteiger partial charge in [-0.1, -0.05) is 12.1 Å². The van der Waals surface area contributed by atoms with Gasteiger partial charge < -0.3 is 10.4 Å². The third-order valence-corrected chi connectivity index (χ3v) is 5.74. The van der Waals surface area contributed by atoms with E-state index in [2.05, 4.69) is 5.32 Å². The summed E-state index contributed by atoms with van der Waals surface area (Å²) in [5.74, 6) is -0.292. The maximum Gasteiger partial charge on any atom is 0.224 e. The van der Waals surface area contributed by atoms with Crippen LogP contribution in [0.4, 0.5) is 5.69 Å². The van der Waals surface area contributed by atoms with Crippen LogP contribution in [-0.2, 0) is 14.8 Å². The summed E-state index contributed by atoms with van der Waals surface area (Å²) < 4.78 is 25.6. The van der Waals surface area contributed by atoms with Gasteiger partial charge in [-0.3, -0.25) is 4.79 Å². The predicted molar refractivity (Wildman–Crippen MR) is 85.3 cm³/mol. The van der Waals surface area contributed by atoms with E-state index in [-0.39, 0.29) is 30.3 Å². The summed E-state index contributed by atoms with van der Waals surface area (Å²) in [6.45, 7) is 2.96. The molecule has 22 heavy (non-hydrogen) atoms. The highest BCUT2D eigenvalue weighted by Crippen LogP contribution is 2.26. The highest BCUT2D eigenvalue weighted by molar-refractivity contribution is 7.89. The van der Waals surface area contributed by atoms with Crippen LogP contribution >= 0.6 is 0 Å². The number of hydrogen-bond donors (Lipinski definition) is 2. The van der Waals surface area contributed by atoms with Gasteiger partial charge >= 0.3 is 0 Å². The average Bonchev–Trinajstić information content (AvgIpc) is 2.98. The van der Waals surface area contributed by atoms with E-state index >= 15 is 0 Å². The molecule has 6 nitrogen and oxygen atoms in total. The molecule has 1 amide bonds. The van der Waals surface area contributed by atoms with Crippen molar-refractivity contribution < 1.29 is 18.3 Å². The van der Waals surface area contributed by atoms with E-state index in [9.17, 15) is 18.3 Å². The summed E-state index contributed by atoms with van der Waals surface area (Å²) in [4.78, 5) is 11.9. The number of rotatable bonds is 6. The minimum Gasteiger partial charge on any atom is -0.506 e. The van der Waals surface area contributed by atoms with Gasteiger partial charge in [0.05, 0.1) is 11.4 Å². The maximum absolute atomic E-state index is 12.0. The lowest BCUT2D eigenvalue weighted by atomic mass is 10.2. The number of nitrogens with zero attached hydrogens (tertiary/aromatic N) is 1. The number of para-hydroxylation sites is 1. The van der Waals surface area contributed by atoms with Crippen molar-refractivity contribution in [3.63, 3.8) is 0 Å². The lowest BCUT2D eigenvalue weighted by molar-refractivity contribution is -0.116. The standard InChI is InChI=1S/C15H22N2O4S/c1-12-6-4-7-13(18)15(12)16-14(19)8-5-11-22(20,21)17-9-2-3-10-17/h4,6-7,18H,2-3,5,8-11H2,1H3,(H,16,19). The zero-order chi connectivity index (χ0) is 16.2. The van der Waals surface area contributed by atoms with Crippen LogP contribution in [0.5, 0.6) is 5.75 Å². The molecule has 0 bridgehead atoms. The van der Waals surface area contributed by atoms with Crippen LogP contribution in [0, 0.1) is 6.92 Å². The largest absolute Gasteiger partial charge is 0.506 e. The molecule has 0 atom stereocenters. The number of amides is 1. The second kappa shape index (κ2) is 7.11. The fourth-order valence-corrected chi connectivity index (χ4v) is 4.11. The molecular formula is C15H22N2O4S. The molecule has 1 aliphatic rings. The van der Waals surface area contributed by atoms with Crippen LogP contribution in [0.1, 0.15) is 31.2 Å². The summed E-state index contributed by atoms with van der Waals surface area (Å²) in [5.41, 5.74) is 1.15. The molecule has 0 aliphatic carbocycles. The van der Waals surface area contributed by atoms with Gasteiger partial charge in [0.1, 0.15) is 5.75 Å². The zero-order valence-corrected chi connectivity index (χ0v) is 13.5. The molecule has 0 aromatic heterocycles. The summed E-state index contributed by atoms with van der Waals surface area (Å²) in [7, 11) is -3.24. The molecule has 7 heteroatoms. The van der Waals surface area contributed by atoms with Gasteiger partial charge in [0.2, 0.25) is 15.9 Å². The summed E-state index contributed by atoms with van der Waals surface area (Å²) >= 11 is 0. The lowest BCUT2D eigenvalue weighted by Crippen LogP contribution is -2.30. The average molecular weight is 326 g/mol. The Hall–Kier alpha value is -1.60. The third-order valence-electron chi connectivity index (χ3n) is 3.78. The van der Waals surface area contributed by atoms with E-state index in [0.29, 0.717) is 18.8 Å². The van der Waals surface area contributed by atoms with Crippen molar-refractivity contribution in [1.82, 2.24) is 4.31 Å². The number of hydrogen-bond acceptors (Lipinski definition) is 4. The number of carbonyl (C=O) groups excluding carboxylic acids is 1. The zero-order valence-electron chi connectivity index (χ0n) is 12.7. The molecule has 1 aromatic carbocycles. The SMILES string of the molecule is Cc1cccc(O)c1NC(=O)CCCS(=O)(=O)N1CCCC1. The van der Waals surface area contributed by atoms with Gasteiger partial charge in [-0.25, -0.2) is 12.7 Å². The van der Waals surface area contributed by atoms with E-state index in [4.69, 9.17) is 0 Å². The first-order valence-corrected chi connectivity index (χ1v) is 9.07. The normalized spacial score (nSPS) is 15.9. The van der Waals surface area contributed by atoms with Crippen molar-refractivity contribution in [3.8, 4) is 5.75 Å². The number of phenols is 1. The number of phenolic OH excluding ortho intramolecular Hbond substituents is 1. The van der Waals surface area contributed by atoms with Crippen molar-refractivity contribution in [3.05, 3.63) is 23.8 Å². The van der Waals surface area contributed by atoms with Crippen molar-refractivity contribution in [2.24, 2.45) is 0 Å². The number of anilines is 1. The molecular weight excluding hydrogens is 304 g/mol. The molecule has 1 aliphatic heterocycles. The molecule has 122 valence electrons. The quantitative estimate of drug-likeness (QED) is 0.781. The van der Waals surface area contributed by atoms with Crippen molar-refractivity contribution in [2.75, 3.05) is 24.2 Å². The second-order valence-electron chi connectivity index (χ2n) is 5.54. The number of benzene rings is 1. The first kappa shape index (κ1) is 16.8. The van der Waals surface area contributed by atoms with Crippen molar-refractivity contribution in [2.45, 2.75) is 32.6 Å². The molecule has 0 spiro atoms. The van der Waals surface area contributed by atoms with Crippen LogP contribution in [0.15, 0.2) is 18.2 Å². The van der Waals surface area contributed by atoms with Gasteiger partial charge in [0.25, 0.3) is 0 Å². The van der Waals surface area contributed by atoms with Gasteiger partial charge in [-0.2, -0.15) is 0 Å². The Balaban J connectivity index is 1.83. The van der Waals surface area contributed by atoms with E-state index in [1.54, 1.807) is 19.1 Å². The van der Waals surface area contributed by atoms with Gasteiger partial charge in [0.15, 0.2) is 0 Å². The Morgan fingerprint density at radius 1 is 1.32 bits per heavy atom. The van der Waals surface area contributed by atoms with E-state index in [0.717, 1.165) is 18.4 Å². The van der Waals surface area contributed by atoms with Gasteiger partial charge in [0, 0.05) is 19.5 Å². The van der Waals surface area contributed by atoms with Crippen molar-refractivity contribution >= 4 is 21.6 Å². The molecule has 1 aromatic rings. The number of aryl methyl sites for hydroxylation is 1. The monoisotopic (exact) mass is 326 g/mol. The molecule has 2 rings (SSSR count). The molecule has 1 heterocycles. The molecule has 2 N–H and O–H groups in total. The molecule has 0 radical (unpaired) electrons. The first-order valence-electron chi connectivity index (χ1n) is 7.46. The summed E-state index contributed by atoms with van der Waals surface area (Å²) in [6, 6.07) is 4.98. The highest BCUT2D eigenvalue weighted by Gasteiger charge is 2.24. The van der Waals surface area contributed by atoms with E-state index in [1.165, 1.54) is 10.4 Å². The molecule has 0 unspecified atom stereocenters. The Morgan fingerprint density at radius 3 is 2.64 bits per heavy atom. The smallest absolute Gasteiger partial charge is 0.224 e. The van der Waals surface area contributed by atoms with Crippen LogP contribution < -0.4 is 5.32 Å². The Bertz CT molecular complexity index is 617. The van der Waals surface area contributed by atoms with Crippen LogP contribution in [-0.4, -0.2) is 42.6 Å². The molecule has 0 saturated carbocycles. The number of aromatic hydroxyl groups is 1. The van der Waals surface area contributed by atoms with Crippen LogP contribution in [0.3, 0.4) is 0 Å². The Labute approximate surface area is 131 Å². The van der Waals surface area contributed by atoms with Gasteiger partial charge in [-0.05, 0) is 37.8 Å². The minimum absolute atomic E-state index is 0.0121. The Kier molecular flexibility index (Phi) is 5.42. The predicted octanol–water partition coefficient (Wildman–Crippen LogP) is 1.84. The van der Waals surface area contributed by atoms with Crippen molar-refractivity contribution in [1.29, 1.82) is 0 Å². The molecule has 1 saturated heterocycles. The highest BCUT2D eigenvalue weighted by atomic mass is 32.2. The van der Waals surface area contributed by atoms with Crippen LogP contribution in [0.2, 0.25) is 0 Å². The van der Waals surface area contributed by atoms with Crippen LogP contribution in [0.25, 0.3) is 0 Å². The fraction of sp³-hybridized carbons (Fsp3) is 0.533. The number of nitrogens with one attached hydrogen (secondary N) is 1.